The molecule has 0 bridgehead atoms. The third-order valence-corrected chi connectivity index (χ3v) is 7.52. The zero-order valence-corrected chi connectivity index (χ0v) is 26.5. The van der Waals surface area contributed by atoms with Crippen molar-refractivity contribution in [2.75, 3.05) is 13.1 Å². The highest BCUT2D eigenvalue weighted by Gasteiger charge is 2.18. The molecule has 0 unspecified atom stereocenters. The number of benzene rings is 4. The van der Waals surface area contributed by atoms with E-state index in [0.717, 1.165) is 11.1 Å². The summed E-state index contributed by atoms with van der Waals surface area (Å²) in [6, 6.07) is 32.0. The van der Waals surface area contributed by atoms with Crippen molar-refractivity contribution >= 4 is 67.6 Å². The molecule has 8 nitrogen and oxygen atoms in total. The predicted molar refractivity (Wildman–Crippen MR) is 178 cm³/mol. The molecule has 222 valence electrons. The van der Waals surface area contributed by atoms with Crippen LogP contribution in [0.4, 0.5) is 0 Å². The molecule has 4 N–H and O–H groups in total. The second kappa shape index (κ2) is 16.2. The number of hydrogen-bond donors (Lipinski definition) is 4. The van der Waals surface area contributed by atoms with Gasteiger partial charge in [-0.1, -0.05) is 84.9 Å². The molecule has 0 saturated heterocycles. The van der Waals surface area contributed by atoms with E-state index >= 15 is 0 Å². The molecule has 0 saturated carbocycles. The average Bonchev–Trinajstić information content (AvgIpc) is 3.03. The predicted octanol–water partition coefficient (Wildman–Crippen LogP) is 5.69. The molecular formula is C34H28Br2N4O4. The van der Waals surface area contributed by atoms with E-state index in [1.165, 1.54) is 0 Å². The Bertz CT molecular complexity index is 1580. The van der Waals surface area contributed by atoms with E-state index in [2.05, 4.69) is 53.1 Å². The van der Waals surface area contributed by atoms with Crippen molar-refractivity contribution in [2.45, 2.75) is 0 Å². The van der Waals surface area contributed by atoms with E-state index in [1.54, 1.807) is 84.9 Å². The largest absolute Gasteiger partial charge is 0.349 e. The molecule has 0 aromatic heterocycles. The first-order valence-electron chi connectivity index (χ1n) is 13.5. The van der Waals surface area contributed by atoms with Gasteiger partial charge in [0.1, 0.15) is 11.4 Å². The minimum Gasteiger partial charge on any atom is -0.349 e. The van der Waals surface area contributed by atoms with E-state index < -0.39 is 23.6 Å². The van der Waals surface area contributed by atoms with Gasteiger partial charge in [0, 0.05) is 22.0 Å². The van der Waals surface area contributed by atoms with Gasteiger partial charge in [-0.25, -0.2) is 0 Å². The molecule has 0 atom stereocenters. The summed E-state index contributed by atoms with van der Waals surface area (Å²) >= 11 is 6.73. The van der Waals surface area contributed by atoms with Crippen molar-refractivity contribution in [3.8, 4) is 0 Å². The molecule has 10 heteroatoms. The van der Waals surface area contributed by atoms with Gasteiger partial charge in [-0.15, -0.1) is 0 Å². The standard InChI is InChI=1S/C34H28Br2N4O4/c35-27-17-9-7-15-25(27)31(41)39-29(21-23-11-3-1-4-12-23)33(43)37-19-20-38-34(44)30(22-24-13-5-2-6-14-24)40-32(42)26-16-8-10-18-28(26)36/h1-18,21-22H,19-20H2,(H,37,43)(H,38,44)(H,39,41)(H,40,42)/b29-21-,30-22-. The molecule has 0 fully saturated rings. The monoisotopic (exact) mass is 714 g/mol. The lowest BCUT2D eigenvalue weighted by molar-refractivity contribution is -0.119. The van der Waals surface area contributed by atoms with E-state index in [4.69, 9.17) is 0 Å². The van der Waals surface area contributed by atoms with Gasteiger partial charge in [0.15, 0.2) is 0 Å². The fourth-order valence-electron chi connectivity index (χ4n) is 3.96. The van der Waals surface area contributed by atoms with Crippen LogP contribution in [0.5, 0.6) is 0 Å². The normalized spacial score (nSPS) is 11.3. The SMILES string of the molecule is O=C(NCCNC(=O)/C(=C/c1ccccc1)NC(=O)c1ccccc1Br)/C(=C/c1ccccc1)NC(=O)c1ccccc1Br. The van der Waals surface area contributed by atoms with E-state index in [-0.39, 0.29) is 24.5 Å². The zero-order chi connectivity index (χ0) is 31.3. The van der Waals surface area contributed by atoms with E-state index in [9.17, 15) is 19.2 Å². The lowest BCUT2D eigenvalue weighted by atomic mass is 10.1. The fourth-order valence-corrected chi connectivity index (χ4v) is 4.89. The maximum atomic E-state index is 13.2. The first kappa shape index (κ1) is 32.1. The minimum atomic E-state index is -0.536. The van der Waals surface area contributed by atoms with Crippen LogP contribution in [0.15, 0.2) is 130 Å². The van der Waals surface area contributed by atoms with Crippen LogP contribution in [-0.2, 0) is 9.59 Å². The molecule has 44 heavy (non-hydrogen) atoms. The van der Waals surface area contributed by atoms with Crippen molar-refractivity contribution in [1.29, 1.82) is 0 Å². The molecule has 0 radical (unpaired) electrons. The Morgan fingerprint density at radius 1 is 0.500 bits per heavy atom. The van der Waals surface area contributed by atoms with Gasteiger partial charge in [-0.2, -0.15) is 0 Å². The van der Waals surface area contributed by atoms with Crippen LogP contribution in [0.3, 0.4) is 0 Å². The highest BCUT2D eigenvalue weighted by molar-refractivity contribution is 9.10. The first-order valence-corrected chi connectivity index (χ1v) is 15.1. The lowest BCUT2D eigenvalue weighted by Gasteiger charge is -2.14. The van der Waals surface area contributed by atoms with Crippen LogP contribution in [0.2, 0.25) is 0 Å². The zero-order valence-electron chi connectivity index (χ0n) is 23.4. The van der Waals surface area contributed by atoms with Crippen molar-refractivity contribution in [3.05, 3.63) is 152 Å². The van der Waals surface area contributed by atoms with Gasteiger partial charge in [-0.05, 0) is 79.4 Å². The fraction of sp³-hybridized carbons (Fsp3) is 0.0588. The first-order chi connectivity index (χ1) is 21.3. The molecule has 0 aliphatic rings. The highest BCUT2D eigenvalue weighted by Crippen LogP contribution is 2.17. The quantitative estimate of drug-likeness (QED) is 0.118. The Morgan fingerprint density at radius 3 is 1.20 bits per heavy atom. The Morgan fingerprint density at radius 2 is 0.841 bits per heavy atom. The molecule has 0 aliphatic carbocycles. The van der Waals surface area contributed by atoms with Crippen LogP contribution < -0.4 is 21.3 Å². The number of hydrogen-bond acceptors (Lipinski definition) is 4. The van der Waals surface area contributed by atoms with Crippen molar-refractivity contribution in [1.82, 2.24) is 21.3 Å². The molecule has 0 aliphatic heterocycles. The number of rotatable bonds is 11. The van der Waals surface area contributed by atoms with E-state index in [1.807, 2.05) is 36.4 Å². The number of carbonyl (C=O) groups is 4. The number of halogens is 2. The van der Waals surface area contributed by atoms with Crippen molar-refractivity contribution < 1.29 is 19.2 Å². The number of carbonyl (C=O) groups excluding carboxylic acids is 4. The summed E-state index contributed by atoms with van der Waals surface area (Å²) in [7, 11) is 0. The van der Waals surface area contributed by atoms with Gasteiger partial charge in [0.25, 0.3) is 23.6 Å². The third-order valence-electron chi connectivity index (χ3n) is 6.14. The molecule has 4 aromatic rings. The topological polar surface area (TPSA) is 116 Å². The van der Waals surface area contributed by atoms with Gasteiger partial charge in [0.05, 0.1) is 11.1 Å². The summed E-state index contributed by atoms with van der Waals surface area (Å²) in [6.45, 7) is 0.108. The Balaban J connectivity index is 1.42. The smallest absolute Gasteiger partial charge is 0.267 e. The van der Waals surface area contributed by atoms with Crippen molar-refractivity contribution in [2.24, 2.45) is 0 Å². The van der Waals surface area contributed by atoms with Gasteiger partial charge >= 0.3 is 0 Å². The summed E-state index contributed by atoms with van der Waals surface area (Å²) in [6.07, 6.45) is 3.14. The van der Waals surface area contributed by atoms with Crippen LogP contribution in [0.25, 0.3) is 12.2 Å². The third kappa shape index (κ3) is 9.35. The average molecular weight is 716 g/mol. The number of nitrogens with one attached hydrogen (secondary N) is 4. The molecule has 4 amide bonds. The maximum Gasteiger partial charge on any atom is 0.267 e. The van der Waals surface area contributed by atoms with Crippen LogP contribution >= 0.6 is 31.9 Å². The molecule has 4 aromatic carbocycles. The van der Waals surface area contributed by atoms with Crippen molar-refractivity contribution in [3.63, 3.8) is 0 Å². The lowest BCUT2D eigenvalue weighted by Crippen LogP contribution is -2.41. The maximum absolute atomic E-state index is 13.2. The molecule has 0 heterocycles. The number of amides is 4. The Kier molecular flexibility index (Phi) is 11.8. The summed E-state index contributed by atoms with van der Waals surface area (Å²) in [5.74, 6) is -1.99. The second-order valence-corrected chi connectivity index (χ2v) is 11.0. The summed E-state index contributed by atoms with van der Waals surface area (Å²) < 4.78 is 1.18. The summed E-state index contributed by atoms with van der Waals surface area (Å²) in [5, 5.41) is 10.8. The minimum absolute atomic E-state index is 0.0358. The molecule has 0 spiro atoms. The van der Waals surface area contributed by atoms with E-state index in [0.29, 0.717) is 20.1 Å². The summed E-state index contributed by atoms with van der Waals surface area (Å²) in [5.41, 5.74) is 2.25. The molecule has 4 rings (SSSR count). The van der Waals surface area contributed by atoms with Crippen LogP contribution in [0, 0.1) is 0 Å². The Hall–Kier alpha value is -4.80. The Labute approximate surface area is 271 Å². The van der Waals surface area contributed by atoms with Crippen LogP contribution in [-0.4, -0.2) is 36.7 Å². The second-order valence-electron chi connectivity index (χ2n) is 9.32. The van der Waals surface area contributed by atoms with Gasteiger partial charge in [-0.3, -0.25) is 19.2 Å². The molecular weight excluding hydrogens is 688 g/mol. The highest BCUT2D eigenvalue weighted by atomic mass is 79.9. The summed E-state index contributed by atoms with van der Waals surface area (Å²) in [4.78, 5) is 52.3. The van der Waals surface area contributed by atoms with Gasteiger partial charge in [0.2, 0.25) is 0 Å². The van der Waals surface area contributed by atoms with Crippen LogP contribution in [0.1, 0.15) is 31.8 Å². The van der Waals surface area contributed by atoms with Gasteiger partial charge < -0.3 is 21.3 Å².